The number of hydrogen-bond acceptors (Lipinski definition) is 5. The molecular formula is C16H13ClFN3O4. The number of nitro benzene ring substituents is 1. The van der Waals surface area contributed by atoms with Gasteiger partial charge in [-0.1, -0.05) is 11.6 Å². The third-order valence-electron chi connectivity index (χ3n) is 3.76. The topological polar surface area (TPSA) is 85.6 Å². The lowest BCUT2D eigenvalue weighted by Gasteiger charge is -2.32. The Bertz CT molecular complexity index is 861. The Balaban J connectivity index is 1.93. The summed E-state index contributed by atoms with van der Waals surface area (Å²) in [5.74, 6) is -0.923. The number of amides is 1. The maximum absolute atomic E-state index is 13.7. The molecule has 9 heteroatoms. The Morgan fingerprint density at radius 1 is 1.56 bits per heavy atom. The van der Waals surface area contributed by atoms with Gasteiger partial charge in [0.15, 0.2) is 0 Å². The molecule has 130 valence electrons. The zero-order chi connectivity index (χ0) is 18.1. The molecule has 25 heavy (non-hydrogen) atoms. The van der Waals surface area contributed by atoms with Crippen molar-refractivity contribution >= 4 is 28.9 Å². The summed E-state index contributed by atoms with van der Waals surface area (Å²) in [4.78, 5) is 28.7. The molecule has 1 amide bonds. The number of halogens is 2. The van der Waals surface area contributed by atoms with Crippen molar-refractivity contribution in [2.24, 2.45) is 0 Å². The second-order valence-corrected chi connectivity index (χ2v) is 6.00. The predicted molar refractivity (Wildman–Crippen MR) is 88.4 cm³/mol. The molecule has 2 aromatic rings. The van der Waals surface area contributed by atoms with E-state index in [2.05, 4.69) is 4.98 Å². The van der Waals surface area contributed by atoms with Crippen LogP contribution in [0.15, 0.2) is 30.5 Å². The zero-order valence-electron chi connectivity index (χ0n) is 13.1. The van der Waals surface area contributed by atoms with Crippen LogP contribution < -0.4 is 9.64 Å². The first kappa shape index (κ1) is 17.1. The molecule has 0 N–H and O–H groups in total. The highest BCUT2D eigenvalue weighted by Crippen LogP contribution is 2.32. The van der Waals surface area contributed by atoms with E-state index in [1.54, 1.807) is 25.3 Å². The molecule has 1 aliphatic rings. The molecule has 2 heterocycles. The summed E-state index contributed by atoms with van der Waals surface area (Å²) in [6, 6.07) is 5.16. The fourth-order valence-electron chi connectivity index (χ4n) is 2.65. The normalized spacial score (nSPS) is 16.1. The number of rotatable bonds is 3. The van der Waals surface area contributed by atoms with E-state index in [0.717, 1.165) is 12.1 Å². The minimum absolute atomic E-state index is 0.0403. The first-order chi connectivity index (χ1) is 11.9. The van der Waals surface area contributed by atoms with Gasteiger partial charge in [-0.3, -0.25) is 14.9 Å². The molecule has 1 atom stereocenters. The molecule has 0 radical (unpaired) electrons. The first-order valence-electron chi connectivity index (χ1n) is 7.41. The Morgan fingerprint density at radius 3 is 3.04 bits per heavy atom. The Morgan fingerprint density at radius 2 is 2.32 bits per heavy atom. The Labute approximate surface area is 147 Å². The third kappa shape index (κ3) is 3.39. The van der Waals surface area contributed by atoms with E-state index in [1.807, 2.05) is 0 Å². The van der Waals surface area contributed by atoms with Crippen LogP contribution in [0.25, 0.3) is 0 Å². The molecule has 0 unspecified atom stereocenters. The fourth-order valence-corrected chi connectivity index (χ4v) is 2.80. The quantitative estimate of drug-likeness (QED) is 0.616. The van der Waals surface area contributed by atoms with Gasteiger partial charge in [-0.2, -0.15) is 0 Å². The largest absolute Gasteiger partial charge is 0.471 e. The van der Waals surface area contributed by atoms with Gasteiger partial charge in [0.2, 0.25) is 11.8 Å². The molecule has 0 bridgehead atoms. The second kappa shape index (κ2) is 6.64. The van der Waals surface area contributed by atoms with Crippen molar-refractivity contribution < 1.29 is 18.8 Å². The summed E-state index contributed by atoms with van der Waals surface area (Å²) in [5, 5.41) is 10.8. The van der Waals surface area contributed by atoms with Gasteiger partial charge in [-0.25, -0.2) is 9.37 Å². The molecule has 1 aromatic heterocycles. The molecule has 0 fully saturated rings. The van der Waals surface area contributed by atoms with E-state index in [0.29, 0.717) is 11.6 Å². The average Bonchev–Trinajstić information content (AvgIpc) is 2.56. The molecule has 0 aliphatic carbocycles. The smallest absolute Gasteiger partial charge is 0.274 e. The molecular weight excluding hydrogens is 353 g/mol. The standard InChI is InChI=1S/C16H13ClFN3O4/c1-9-8-20(13-3-2-4-19-16(13)25-9)15(22)6-10-5-12(18)11(17)7-14(10)21(23)24/h2-5,7,9H,6,8H2,1H3/t9-/m0/s1. The molecule has 1 aromatic carbocycles. The monoisotopic (exact) mass is 365 g/mol. The van der Waals surface area contributed by atoms with E-state index in [4.69, 9.17) is 16.3 Å². The van der Waals surface area contributed by atoms with Crippen molar-refractivity contribution in [3.63, 3.8) is 0 Å². The van der Waals surface area contributed by atoms with Crippen LogP contribution in [0.2, 0.25) is 5.02 Å². The number of fused-ring (bicyclic) bond motifs is 1. The van der Waals surface area contributed by atoms with Crippen LogP contribution >= 0.6 is 11.6 Å². The highest BCUT2D eigenvalue weighted by atomic mass is 35.5. The fraction of sp³-hybridized carbons (Fsp3) is 0.250. The van der Waals surface area contributed by atoms with Crippen LogP contribution in [0, 0.1) is 15.9 Å². The number of anilines is 1. The zero-order valence-corrected chi connectivity index (χ0v) is 13.9. The van der Waals surface area contributed by atoms with Crippen LogP contribution in [0.4, 0.5) is 15.8 Å². The number of hydrogen-bond donors (Lipinski definition) is 0. The van der Waals surface area contributed by atoms with Gasteiger partial charge < -0.3 is 9.64 Å². The summed E-state index contributed by atoms with van der Waals surface area (Å²) in [5.41, 5.74) is 0.0386. The number of ether oxygens (including phenoxy) is 1. The molecule has 0 saturated heterocycles. The predicted octanol–water partition coefficient (Wildman–Crippen LogP) is 3.14. The van der Waals surface area contributed by atoms with Crippen molar-refractivity contribution in [3.05, 3.63) is 57.0 Å². The van der Waals surface area contributed by atoms with Crippen molar-refractivity contribution in [1.82, 2.24) is 4.98 Å². The lowest BCUT2D eigenvalue weighted by atomic mass is 10.1. The summed E-state index contributed by atoms with van der Waals surface area (Å²) in [7, 11) is 0. The third-order valence-corrected chi connectivity index (χ3v) is 4.04. The first-order valence-corrected chi connectivity index (χ1v) is 7.79. The van der Waals surface area contributed by atoms with E-state index >= 15 is 0 Å². The maximum atomic E-state index is 13.7. The summed E-state index contributed by atoms with van der Waals surface area (Å²) >= 11 is 5.60. The number of aromatic nitrogens is 1. The second-order valence-electron chi connectivity index (χ2n) is 5.59. The van der Waals surface area contributed by atoms with Crippen LogP contribution in [-0.2, 0) is 11.2 Å². The maximum Gasteiger partial charge on any atom is 0.274 e. The number of carbonyl (C=O) groups is 1. The molecule has 0 saturated carbocycles. The van der Waals surface area contributed by atoms with Gasteiger partial charge in [-0.15, -0.1) is 0 Å². The van der Waals surface area contributed by atoms with E-state index < -0.39 is 22.3 Å². The minimum atomic E-state index is -0.813. The summed E-state index contributed by atoms with van der Waals surface area (Å²) in [6.45, 7) is 2.05. The van der Waals surface area contributed by atoms with Crippen LogP contribution in [0.5, 0.6) is 5.88 Å². The van der Waals surface area contributed by atoms with Gasteiger partial charge in [0.1, 0.15) is 17.6 Å². The number of benzene rings is 1. The average molecular weight is 366 g/mol. The van der Waals surface area contributed by atoms with Gasteiger partial charge >= 0.3 is 0 Å². The number of nitrogens with zero attached hydrogens (tertiary/aromatic N) is 3. The van der Waals surface area contributed by atoms with Crippen LogP contribution in [0.1, 0.15) is 12.5 Å². The SMILES string of the molecule is C[C@H]1CN(C(=O)Cc2cc(F)c(Cl)cc2[N+](=O)[O-])c2cccnc2O1. The van der Waals surface area contributed by atoms with E-state index in [1.165, 1.54) is 4.90 Å². The minimum Gasteiger partial charge on any atom is -0.471 e. The summed E-state index contributed by atoms with van der Waals surface area (Å²) in [6.07, 6.45) is 0.910. The number of carbonyl (C=O) groups excluding carboxylic acids is 1. The van der Waals surface area contributed by atoms with Crippen LogP contribution in [0.3, 0.4) is 0 Å². The van der Waals surface area contributed by atoms with Crippen molar-refractivity contribution in [1.29, 1.82) is 0 Å². The summed E-state index contributed by atoms with van der Waals surface area (Å²) < 4.78 is 19.3. The molecule has 3 rings (SSSR count). The van der Waals surface area contributed by atoms with E-state index in [9.17, 15) is 19.3 Å². The van der Waals surface area contributed by atoms with Gasteiger partial charge in [0.25, 0.3) is 5.69 Å². The number of nitro groups is 1. The van der Waals surface area contributed by atoms with Crippen LogP contribution in [-0.4, -0.2) is 28.5 Å². The lowest BCUT2D eigenvalue weighted by molar-refractivity contribution is -0.385. The van der Waals surface area contributed by atoms with Gasteiger partial charge in [0.05, 0.1) is 22.9 Å². The van der Waals surface area contributed by atoms with Crippen molar-refractivity contribution in [2.45, 2.75) is 19.4 Å². The molecule has 7 nitrogen and oxygen atoms in total. The van der Waals surface area contributed by atoms with Crippen molar-refractivity contribution in [2.75, 3.05) is 11.4 Å². The highest BCUT2D eigenvalue weighted by Gasteiger charge is 2.30. The van der Waals surface area contributed by atoms with Gasteiger partial charge in [0, 0.05) is 17.8 Å². The highest BCUT2D eigenvalue weighted by molar-refractivity contribution is 6.31. The Kier molecular flexibility index (Phi) is 4.54. The number of pyridine rings is 1. The molecule has 0 spiro atoms. The van der Waals surface area contributed by atoms with E-state index in [-0.39, 0.29) is 29.7 Å². The van der Waals surface area contributed by atoms with Gasteiger partial charge in [-0.05, 0) is 25.1 Å². The lowest BCUT2D eigenvalue weighted by Crippen LogP contribution is -2.43. The molecule has 1 aliphatic heterocycles. The van der Waals surface area contributed by atoms with Crippen molar-refractivity contribution in [3.8, 4) is 5.88 Å². The Hall–Kier alpha value is -2.74.